The van der Waals surface area contributed by atoms with Gasteiger partial charge in [-0.05, 0) is 30.5 Å². The molecule has 0 bridgehead atoms. The summed E-state index contributed by atoms with van der Waals surface area (Å²) < 4.78 is 1.50. The lowest BCUT2D eigenvalue weighted by molar-refractivity contribution is -0.278. The Morgan fingerprint density at radius 1 is 1.10 bits per heavy atom. The molecule has 0 saturated heterocycles. The number of nitrogens with zero attached hydrogens (tertiary/aromatic N) is 1. The van der Waals surface area contributed by atoms with Crippen molar-refractivity contribution in [1.82, 2.24) is 4.57 Å². The number of amides is 1. The summed E-state index contributed by atoms with van der Waals surface area (Å²) in [6.07, 6.45) is 0. The van der Waals surface area contributed by atoms with Crippen LogP contribution in [-0.4, -0.2) is 10.5 Å². The van der Waals surface area contributed by atoms with Crippen molar-refractivity contribution in [2.45, 2.75) is 6.92 Å². The van der Waals surface area contributed by atoms with Crippen LogP contribution in [0.5, 0.6) is 5.88 Å². The highest BCUT2D eigenvalue weighted by Crippen LogP contribution is 2.29. The minimum atomic E-state index is -0.369. The van der Waals surface area contributed by atoms with Crippen LogP contribution in [0.4, 0.5) is 5.69 Å². The first-order valence-corrected chi connectivity index (χ1v) is 6.71. The fraction of sp³-hybridized carbons (Fsp3) is 0.118. The van der Waals surface area contributed by atoms with Crippen LogP contribution in [0.2, 0.25) is 0 Å². The van der Waals surface area contributed by atoms with Gasteiger partial charge >= 0.3 is 0 Å². The molecule has 0 aliphatic rings. The molecule has 21 heavy (non-hydrogen) atoms. The Balaban J connectivity index is 2.07. The van der Waals surface area contributed by atoms with Gasteiger partial charge in [-0.15, -0.1) is 0 Å². The summed E-state index contributed by atoms with van der Waals surface area (Å²) in [4.78, 5) is 12.5. The van der Waals surface area contributed by atoms with E-state index >= 15 is 0 Å². The van der Waals surface area contributed by atoms with Gasteiger partial charge in [0.05, 0.1) is 5.56 Å². The highest BCUT2D eigenvalue weighted by Gasteiger charge is 2.16. The zero-order valence-electron chi connectivity index (χ0n) is 11.9. The average Bonchev–Trinajstić information content (AvgIpc) is 2.74. The largest absolute Gasteiger partial charge is 0.859 e. The summed E-state index contributed by atoms with van der Waals surface area (Å²) in [5.41, 5.74) is 2.63. The van der Waals surface area contributed by atoms with Crippen LogP contribution in [0, 0.1) is 6.92 Å². The Kier molecular flexibility index (Phi) is 3.14. The van der Waals surface area contributed by atoms with Crippen molar-refractivity contribution in [2.75, 3.05) is 5.32 Å². The zero-order valence-corrected chi connectivity index (χ0v) is 11.9. The van der Waals surface area contributed by atoms with Crippen LogP contribution in [0.25, 0.3) is 10.9 Å². The van der Waals surface area contributed by atoms with Gasteiger partial charge < -0.3 is 15.0 Å². The summed E-state index contributed by atoms with van der Waals surface area (Å²) in [6.45, 7) is 1.91. The standard InChI is InChI=1S/C17H16N2O2/c1-11-7-3-5-9-13(11)18-16(20)15-12-8-4-6-10-14(12)19(2)17(15)21/h3-10,21H,1-2H3,(H,18,20)/p-1. The molecule has 0 aliphatic heterocycles. The minimum absolute atomic E-state index is 0.191. The molecule has 4 heteroatoms. The first-order chi connectivity index (χ1) is 10.1. The Morgan fingerprint density at radius 3 is 2.52 bits per heavy atom. The maximum absolute atomic E-state index is 12.5. The SMILES string of the molecule is Cc1ccccc1NC(=O)c1c([O-])n(C)c2ccccc12. The van der Waals surface area contributed by atoms with Gasteiger partial charge in [0, 0.05) is 23.6 Å². The third-order valence-electron chi connectivity index (χ3n) is 3.67. The van der Waals surface area contributed by atoms with E-state index in [4.69, 9.17) is 0 Å². The number of nitrogens with one attached hydrogen (secondary N) is 1. The summed E-state index contributed by atoms with van der Waals surface area (Å²) in [5, 5.41) is 15.8. The third-order valence-corrected chi connectivity index (χ3v) is 3.67. The summed E-state index contributed by atoms with van der Waals surface area (Å²) in [7, 11) is 1.68. The van der Waals surface area contributed by atoms with Crippen LogP contribution in [0.3, 0.4) is 0 Å². The molecule has 1 N–H and O–H groups in total. The van der Waals surface area contributed by atoms with Crippen LogP contribution in [-0.2, 0) is 7.05 Å². The second-order valence-electron chi connectivity index (χ2n) is 5.03. The van der Waals surface area contributed by atoms with Gasteiger partial charge in [0.1, 0.15) is 0 Å². The van der Waals surface area contributed by atoms with Crippen molar-refractivity contribution in [3.8, 4) is 5.88 Å². The lowest BCUT2D eigenvalue weighted by Crippen LogP contribution is -2.15. The maximum Gasteiger partial charge on any atom is 0.257 e. The molecule has 0 atom stereocenters. The minimum Gasteiger partial charge on any atom is -0.859 e. The number of hydrogen-bond donors (Lipinski definition) is 1. The fourth-order valence-electron chi connectivity index (χ4n) is 2.49. The smallest absolute Gasteiger partial charge is 0.257 e. The van der Waals surface area contributed by atoms with Crippen LogP contribution < -0.4 is 10.4 Å². The summed E-state index contributed by atoms with van der Waals surface area (Å²) >= 11 is 0. The monoisotopic (exact) mass is 279 g/mol. The molecule has 0 spiro atoms. The van der Waals surface area contributed by atoms with Gasteiger partial charge in [-0.1, -0.05) is 36.4 Å². The molecule has 106 valence electrons. The lowest BCUT2D eigenvalue weighted by Gasteiger charge is -2.12. The third kappa shape index (κ3) is 2.14. The fourth-order valence-corrected chi connectivity index (χ4v) is 2.49. The molecule has 0 radical (unpaired) electrons. The van der Waals surface area contributed by atoms with Gasteiger partial charge in [-0.25, -0.2) is 0 Å². The number of hydrogen-bond acceptors (Lipinski definition) is 2. The molecule has 1 aromatic heterocycles. The van der Waals surface area contributed by atoms with Crippen molar-refractivity contribution in [2.24, 2.45) is 7.05 Å². The van der Waals surface area contributed by atoms with Crippen molar-refractivity contribution in [3.63, 3.8) is 0 Å². The Morgan fingerprint density at radius 2 is 1.76 bits per heavy atom. The van der Waals surface area contributed by atoms with Gasteiger partial charge in [-0.2, -0.15) is 0 Å². The van der Waals surface area contributed by atoms with E-state index in [9.17, 15) is 9.90 Å². The maximum atomic E-state index is 12.5. The molecule has 0 unspecified atom stereocenters. The number of rotatable bonds is 2. The van der Waals surface area contributed by atoms with E-state index in [0.29, 0.717) is 5.39 Å². The lowest BCUT2D eigenvalue weighted by atomic mass is 10.1. The van der Waals surface area contributed by atoms with Crippen LogP contribution >= 0.6 is 0 Å². The van der Waals surface area contributed by atoms with Gasteiger partial charge in [0.2, 0.25) is 0 Å². The first kappa shape index (κ1) is 13.2. The van der Waals surface area contributed by atoms with Crippen molar-refractivity contribution < 1.29 is 9.90 Å². The summed E-state index contributed by atoms with van der Waals surface area (Å²) in [6, 6.07) is 14.8. The quantitative estimate of drug-likeness (QED) is 0.784. The molecule has 1 amide bonds. The highest BCUT2D eigenvalue weighted by molar-refractivity contribution is 6.15. The molecular weight excluding hydrogens is 264 g/mol. The average molecular weight is 279 g/mol. The van der Waals surface area contributed by atoms with E-state index in [0.717, 1.165) is 16.8 Å². The Labute approximate surface area is 122 Å². The number of carbonyl (C=O) groups excluding carboxylic acids is 1. The molecule has 4 nitrogen and oxygen atoms in total. The second-order valence-corrected chi connectivity index (χ2v) is 5.03. The van der Waals surface area contributed by atoms with Crippen LogP contribution in [0.1, 0.15) is 15.9 Å². The number of aryl methyl sites for hydroxylation is 2. The molecule has 2 aromatic carbocycles. The predicted octanol–water partition coefficient (Wildman–Crippen LogP) is 2.81. The molecule has 0 saturated carbocycles. The van der Waals surface area contributed by atoms with Crippen molar-refractivity contribution in [3.05, 3.63) is 59.7 Å². The Hall–Kier alpha value is -2.75. The van der Waals surface area contributed by atoms with Gasteiger partial charge in [0.25, 0.3) is 5.91 Å². The zero-order chi connectivity index (χ0) is 15.0. The summed E-state index contributed by atoms with van der Waals surface area (Å²) in [5.74, 6) is -0.645. The van der Waals surface area contributed by atoms with E-state index in [1.807, 2.05) is 49.4 Å². The van der Waals surface area contributed by atoms with Crippen LogP contribution in [0.15, 0.2) is 48.5 Å². The van der Waals surface area contributed by atoms with E-state index in [-0.39, 0.29) is 17.4 Å². The van der Waals surface area contributed by atoms with E-state index in [1.54, 1.807) is 13.1 Å². The number of para-hydroxylation sites is 2. The number of benzene rings is 2. The van der Waals surface area contributed by atoms with E-state index in [2.05, 4.69) is 5.32 Å². The molecule has 3 rings (SSSR count). The first-order valence-electron chi connectivity index (χ1n) is 6.71. The molecule has 0 fully saturated rings. The van der Waals surface area contributed by atoms with E-state index in [1.165, 1.54) is 4.57 Å². The highest BCUT2D eigenvalue weighted by atomic mass is 16.3. The van der Waals surface area contributed by atoms with Crippen molar-refractivity contribution in [1.29, 1.82) is 0 Å². The number of aromatic nitrogens is 1. The van der Waals surface area contributed by atoms with E-state index < -0.39 is 0 Å². The van der Waals surface area contributed by atoms with Crippen molar-refractivity contribution >= 4 is 22.5 Å². The van der Waals surface area contributed by atoms with Gasteiger partial charge in [0.15, 0.2) is 0 Å². The molecule has 1 heterocycles. The topological polar surface area (TPSA) is 57.1 Å². The second kappa shape index (κ2) is 4.98. The van der Waals surface area contributed by atoms with Gasteiger partial charge in [-0.3, -0.25) is 4.79 Å². The molecule has 3 aromatic rings. The number of fused-ring (bicyclic) bond motifs is 1. The number of anilines is 1. The number of carbonyl (C=O) groups is 1. The molecule has 0 aliphatic carbocycles. The molecular formula is C17H15N2O2-. The predicted molar refractivity (Wildman–Crippen MR) is 81.5 cm³/mol. The Bertz CT molecular complexity index is 834. The normalized spacial score (nSPS) is 10.8.